The van der Waals surface area contributed by atoms with Crippen LogP contribution >= 0.6 is 15.9 Å². The summed E-state index contributed by atoms with van der Waals surface area (Å²) >= 11 is 3.18. The molecule has 0 aliphatic heterocycles. The summed E-state index contributed by atoms with van der Waals surface area (Å²) in [5.74, 6) is -0.798. The molecule has 1 aromatic heterocycles. The number of carbonyl (C=O) groups is 1. The smallest absolute Gasteiger partial charge is 0.341 e. The Morgan fingerprint density at radius 2 is 2.33 bits per heavy atom. The van der Waals surface area contributed by atoms with Gasteiger partial charge in [-0.1, -0.05) is 0 Å². The predicted molar refractivity (Wildman–Crippen MR) is 57.2 cm³/mol. The van der Waals surface area contributed by atoms with Crippen LogP contribution < -0.4 is 4.74 Å². The van der Waals surface area contributed by atoms with Crippen molar-refractivity contribution >= 4 is 21.9 Å². The Kier molecular flexibility index (Phi) is 2.90. The van der Waals surface area contributed by atoms with Gasteiger partial charge in [0, 0.05) is 10.7 Å². The molecule has 1 aliphatic carbocycles. The largest absolute Gasteiger partial charge is 0.477 e. The zero-order chi connectivity index (χ0) is 10.8. The van der Waals surface area contributed by atoms with Gasteiger partial charge in [-0.2, -0.15) is 0 Å². The first-order valence-electron chi connectivity index (χ1n) is 4.72. The quantitative estimate of drug-likeness (QED) is 0.918. The first-order chi connectivity index (χ1) is 7.16. The van der Waals surface area contributed by atoms with Gasteiger partial charge in [-0.15, -0.1) is 0 Å². The highest BCUT2D eigenvalue weighted by molar-refractivity contribution is 9.10. The van der Waals surface area contributed by atoms with Crippen LogP contribution in [0.2, 0.25) is 0 Å². The molecular formula is C10H10BrNO3. The Labute approximate surface area is 95.4 Å². The number of hydrogen-bond donors (Lipinski definition) is 1. The summed E-state index contributed by atoms with van der Waals surface area (Å²) in [5, 5.41) is 8.95. The van der Waals surface area contributed by atoms with Crippen molar-refractivity contribution in [3.8, 4) is 5.88 Å². The van der Waals surface area contributed by atoms with Crippen LogP contribution in [0.5, 0.6) is 5.88 Å². The number of nitrogens with zero attached hydrogens (tertiary/aromatic N) is 1. The minimum atomic E-state index is -1.02. The van der Waals surface area contributed by atoms with Gasteiger partial charge in [-0.25, -0.2) is 9.78 Å². The number of carboxylic acids is 1. The molecule has 0 amide bonds. The molecule has 0 spiro atoms. The van der Waals surface area contributed by atoms with Crippen LogP contribution in [0, 0.1) is 0 Å². The molecule has 80 valence electrons. The van der Waals surface area contributed by atoms with Gasteiger partial charge >= 0.3 is 5.97 Å². The maximum absolute atomic E-state index is 10.9. The van der Waals surface area contributed by atoms with E-state index in [-0.39, 0.29) is 17.5 Å². The second-order valence-electron chi connectivity index (χ2n) is 3.48. The van der Waals surface area contributed by atoms with E-state index in [1.165, 1.54) is 6.07 Å². The third-order valence-corrected chi connectivity index (χ3v) is 2.81. The zero-order valence-electron chi connectivity index (χ0n) is 7.94. The van der Waals surface area contributed by atoms with Gasteiger partial charge in [0.25, 0.3) is 0 Å². The monoisotopic (exact) mass is 271 g/mol. The number of aromatic nitrogens is 1. The zero-order valence-corrected chi connectivity index (χ0v) is 9.53. The molecule has 0 bridgehead atoms. The summed E-state index contributed by atoms with van der Waals surface area (Å²) in [7, 11) is 0. The highest BCUT2D eigenvalue weighted by atomic mass is 79.9. The Morgan fingerprint density at radius 3 is 2.87 bits per heavy atom. The van der Waals surface area contributed by atoms with Gasteiger partial charge < -0.3 is 9.84 Å². The molecule has 0 aromatic carbocycles. The van der Waals surface area contributed by atoms with Gasteiger partial charge in [0.15, 0.2) is 0 Å². The molecule has 15 heavy (non-hydrogen) atoms. The molecule has 0 unspecified atom stereocenters. The highest BCUT2D eigenvalue weighted by Crippen LogP contribution is 2.27. The summed E-state index contributed by atoms with van der Waals surface area (Å²) in [5.41, 5.74) is 0.108. The fraction of sp³-hybridized carbons (Fsp3) is 0.400. The van der Waals surface area contributed by atoms with E-state index in [4.69, 9.17) is 9.84 Å². The molecule has 0 radical (unpaired) electrons. The Morgan fingerprint density at radius 1 is 1.60 bits per heavy atom. The average Bonchev–Trinajstić information content (AvgIpc) is 2.12. The fourth-order valence-corrected chi connectivity index (χ4v) is 1.65. The lowest BCUT2D eigenvalue weighted by molar-refractivity contribution is 0.0675. The molecule has 5 heteroatoms. The second kappa shape index (κ2) is 4.18. The number of carboxylic acid groups (broad SMARTS) is 1. The summed E-state index contributed by atoms with van der Waals surface area (Å²) in [6.45, 7) is 0. The Balaban J connectivity index is 2.23. The van der Waals surface area contributed by atoms with Crippen molar-refractivity contribution in [3.63, 3.8) is 0 Å². The number of aromatic carboxylic acids is 1. The van der Waals surface area contributed by atoms with Crippen LogP contribution in [-0.4, -0.2) is 22.2 Å². The molecule has 1 aromatic rings. The van der Waals surface area contributed by atoms with Gasteiger partial charge in [0.05, 0.1) is 0 Å². The molecule has 2 rings (SSSR count). The van der Waals surface area contributed by atoms with E-state index >= 15 is 0 Å². The van der Waals surface area contributed by atoms with E-state index < -0.39 is 5.97 Å². The maximum Gasteiger partial charge on any atom is 0.341 e. The van der Waals surface area contributed by atoms with Crippen molar-refractivity contribution in [2.24, 2.45) is 0 Å². The van der Waals surface area contributed by atoms with Crippen molar-refractivity contribution in [1.82, 2.24) is 4.98 Å². The van der Waals surface area contributed by atoms with Crippen LogP contribution in [0.25, 0.3) is 0 Å². The standard InChI is InChI=1S/C10H10BrNO3/c11-6-4-8(10(13)14)9(12-5-6)15-7-2-1-3-7/h4-5,7H,1-3H2,(H,13,14). The van der Waals surface area contributed by atoms with Crippen LogP contribution in [0.4, 0.5) is 0 Å². The van der Waals surface area contributed by atoms with Crippen molar-refractivity contribution in [3.05, 3.63) is 22.3 Å². The van der Waals surface area contributed by atoms with E-state index in [0.717, 1.165) is 19.3 Å². The van der Waals surface area contributed by atoms with Gasteiger partial charge in [0.1, 0.15) is 11.7 Å². The van der Waals surface area contributed by atoms with E-state index in [9.17, 15) is 4.79 Å². The number of pyridine rings is 1. The van der Waals surface area contributed by atoms with Gasteiger partial charge in [-0.3, -0.25) is 0 Å². The Hall–Kier alpha value is -1.10. The van der Waals surface area contributed by atoms with Gasteiger partial charge in [0.2, 0.25) is 5.88 Å². The molecular weight excluding hydrogens is 262 g/mol. The van der Waals surface area contributed by atoms with Crippen molar-refractivity contribution in [1.29, 1.82) is 0 Å². The van der Waals surface area contributed by atoms with Gasteiger partial charge in [-0.05, 0) is 41.3 Å². The van der Waals surface area contributed by atoms with E-state index in [2.05, 4.69) is 20.9 Å². The third-order valence-electron chi connectivity index (χ3n) is 2.38. The number of hydrogen-bond acceptors (Lipinski definition) is 3. The first kappa shape index (κ1) is 10.4. The first-order valence-corrected chi connectivity index (χ1v) is 5.51. The third kappa shape index (κ3) is 2.28. The average molecular weight is 272 g/mol. The van der Waals surface area contributed by atoms with Crippen molar-refractivity contribution in [2.75, 3.05) is 0 Å². The van der Waals surface area contributed by atoms with Crippen molar-refractivity contribution in [2.45, 2.75) is 25.4 Å². The Bertz CT molecular complexity index is 390. The summed E-state index contributed by atoms with van der Waals surface area (Å²) in [4.78, 5) is 14.9. The summed E-state index contributed by atoms with van der Waals surface area (Å²) < 4.78 is 6.12. The highest BCUT2D eigenvalue weighted by Gasteiger charge is 2.22. The minimum Gasteiger partial charge on any atom is -0.477 e. The maximum atomic E-state index is 10.9. The summed E-state index contributed by atoms with van der Waals surface area (Å²) in [6, 6.07) is 1.50. The normalized spacial score (nSPS) is 15.8. The van der Waals surface area contributed by atoms with Crippen LogP contribution in [0.15, 0.2) is 16.7 Å². The molecule has 1 saturated carbocycles. The molecule has 1 N–H and O–H groups in total. The van der Waals surface area contributed by atoms with E-state index in [1.54, 1.807) is 6.20 Å². The van der Waals surface area contributed by atoms with Crippen LogP contribution in [0.3, 0.4) is 0 Å². The van der Waals surface area contributed by atoms with Crippen LogP contribution in [0.1, 0.15) is 29.6 Å². The molecule has 1 aliphatic rings. The molecule has 1 heterocycles. The lowest BCUT2D eigenvalue weighted by atomic mass is 9.96. The van der Waals surface area contributed by atoms with Crippen LogP contribution in [-0.2, 0) is 0 Å². The lowest BCUT2D eigenvalue weighted by Crippen LogP contribution is -2.26. The number of rotatable bonds is 3. The van der Waals surface area contributed by atoms with Crippen molar-refractivity contribution < 1.29 is 14.6 Å². The second-order valence-corrected chi connectivity index (χ2v) is 4.40. The number of ether oxygens (including phenoxy) is 1. The lowest BCUT2D eigenvalue weighted by Gasteiger charge is -2.26. The van der Waals surface area contributed by atoms with E-state index in [1.807, 2.05) is 0 Å². The molecule has 4 nitrogen and oxygen atoms in total. The van der Waals surface area contributed by atoms with E-state index in [0.29, 0.717) is 4.47 Å². The summed E-state index contributed by atoms with van der Waals surface area (Å²) in [6.07, 6.45) is 4.79. The molecule has 0 atom stereocenters. The topological polar surface area (TPSA) is 59.4 Å². The molecule has 0 saturated heterocycles. The fourth-order valence-electron chi connectivity index (χ4n) is 1.32. The predicted octanol–water partition coefficient (Wildman–Crippen LogP) is 2.47. The minimum absolute atomic E-state index is 0.108. The number of halogens is 1. The SMILES string of the molecule is O=C(O)c1cc(Br)cnc1OC1CCC1. The molecule has 1 fully saturated rings.